The second kappa shape index (κ2) is 7.56. The first-order valence-electron chi connectivity index (χ1n) is 7.84. The number of hydrogen-bond donors (Lipinski definition) is 1. The third-order valence-corrected chi connectivity index (χ3v) is 4.31. The first-order valence-corrected chi connectivity index (χ1v) is 8.22. The molecule has 0 bridgehead atoms. The highest BCUT2D eigenvalue weighted by Gasteiger charge is 2.06. The van der Waals surface area contributed by atoms with E-state index in [0.717, 1.165) is 40.0 Å². The average Bonchev–Trinajstić information content (AvgIpc) is 3.07. The van der Waals surface area contributed by atoms with Gasteiger partial charge in [-0.05, 0) is 48.4 Å². The van der Waals surface area contributed by atoms with Crippen molar-refractivity contribution in [3.8, 4) is 17.1 Å². The molecule has 0 aliphatic rings. The van der Waals surface area contributed by atoms with Crippen LogP contribution in [0.15, 0.2) is 59.0 Å². The van der Waals surface area contributed by atoms with Crippen molar-refractivity contribution in [3.63, 3.8) is 0 Å². The van der Waals surface area contributed by atoms with Crippen LogP contribution in [0.3, 0.4) is 0 Å². The zero-order valence-corrected chi connectivity index (χ0v) is 14.6. The number of ether oxygens (including phenoxy) is 1. The molecular weight excluding hydrogens is 322 g/mol. The quantitative estimate of drug-likeness (QED) is 0.668. The van der Waals surface area contributed by atoms with E-state index in [0.29, 0.717) is 6.54 Å². The van der Waals surface area contributed by atoms with E-state index in [1.165, 1.54) is 5.56 Å². The topological polar surface area (TPSA) is 34.4 Å². The Balaban J connectivity index is 1.58. The molecule has 2 aromatic carbocycles. The van der Waals surface area contributed by atoms with Gasteiger partial charge in [0.2, 0.25) is 0 Å². The van der Waals surface area contributed by atoms with Crippen LogP contribution in [-0.4, -0.2) is 7.11 Å². The summed E-state index contributed by atoms with van der Waals surface area (Å²) in [7, 11) is 1.67. The average molecular weight is 342 g/mol. The maximum absolute atomic E-state index is 6.18. The largest absolute Gasteiger partial charge is 0.497 e. The summed E-state index contributed by atoms with van der Waals surface area (Å²) in [5.74, 6) is 2.60. The summed E-state index contributed by atoms with van der Waals surface area (Å²) in [6.07, 6.45) is 0. The zero-order chi connectivity index (χ0) is 16.9. The van der Waals surface area contributed by atoms with Crippen LogP contribution in [0.1, 0.15) is 16.9 Å². The number of aryl methyl sites for hydroxylation is 1. The van der Waals surface area contributed by atoms with Gasteiger partial charge in [-0.15, -0.1) is 0 Å². The van der Waals surface area contributed by atoms with Gasteiger partial charge in [0.15, 0.2) is 0 Å². The van der Waals surface area contributed by atoms with Crippen LogP contribution in [0.5, 0.6) is 5.75 Å². The van der Waals surface area contributed by atoms with Gasteiger partial charge in [-0.1, -0.05) is 35.9 Å². The molecule has 0 saturated heterocycles. The number of methoxy groups -OCH3 is 1. The Labute approximate surface area is 147 Å². The number of furan rings is 1. The molecule has 0 unspecified atom stereocenters. The molecule has 124 valence electrons. The lowest BCUT2D eigenvalue weighted by molar-refractivity contribution is 0.414. The van der Waals surface area contributed by atoms with E-state index < -0.39 is 0 Å². The molecule has 3 rings (SSSR count). The van der Waals surface area contributed by atoms with Crippen LogP contribution in [0.2, 0.25) is 5.02 Å². The molecule has 0 fully saturated rings. The van der Waals surface area contributed by atoms with Crippen molar-refractivity contribution >= 4 is 11.6 Å². The van der Waals surface area contributed by atoms with Crippen LogP contribution in [0.25, 0.3) is 11.3 Å². The summed E-state index contributed by atoms with van der Waals surface area (Å²) in [5, 5.41) is 4.13. The van der Waals surface area contributed by atoms with Crippen molar-refractivity contribution < 1.29 is 9.15 Å². The van der Waals surface area contributed by atoms with Gasteiger partial charge in [-0.2, -0.15) is 0 Å². The number of benzene rings is 2. The summed E-state index contributed by atoms with van der Waals surface area (Å²) in [5.41, 5.74) is 3.26. The summed E-state index contributed by atoms with van der Waals surface area (Å²) < 4.78 is 11.1. The van der Waals surface area contributed by atoms with E-state index in [2.05, 4.69) is 5.32 Å². The second-order valence-electron chi connectivity index (χ2n) is 5.68. The third kappa shape index (κ3) is 3.99. The lowest BCUT2D eigenvalue weighted by Gasteiger charge is -2.05. The van der Waals surface area contributed by atoms with Crippen LogP contribution in [0.4, 0.5) is 0 Å². The molecule has 4 heteroatoms. The lowest BCUT2D eigenvalue weighted by Crippen LogP contribution is -2.11. The Morgan fingerprint density at radius 1 is 1.00 bits per heavy atom. The van der Waals surface area contributed by atoms with Gasteiger partial charge in [0.05, 0.1) is 13.7 Å². The van der Waals surface area contributed by atoms with Crippen LogP contribution >= 0.6 is 11.6 Å². The van der Waals surface area contributed by atoms with Gasteiger partial charge < -0.3 is 14.5 Å². The molecule has 0 aliphatic carbocycles. The molecule has 1 N–H and O–H groups in total. The van der Waals surface area contributed by atoms with E-state index >= 15 is 0 Å². The lowest BCUT2D eigenvalue weighted by atomic mass is 10.1. The minimum Gasteiger partial charge on any atom is -0.497 e. The fraction of sp³-hybridized carbons (Fsp3) is 0.200. The van der Waals surface area contributed by atoms with E-state index in [-0.39, 0.29) is 0 Å². The maximum atomic E-state index is 6.18. The minimum atomic E-state index is 0.672. The smallest absolute Gasteiger partial charge is 0.134 e. The Morgan fingerprint density at radius 2 is 1.79 bits per heavy atom. The molecule has 0 amide bonds. The molecule has 0 atom stereocenters. The Kier molecular flexibility index (Phi) is 5.24. The summed E-state index contributed by atoms with van der Waals surface area (Å²) in [6, 6.07) is 17.9. The number of rotatable bonds is 6. The van der Waals surface area contributed by atoms with E-state index in [9.17, 15) is 0 Å². The summed E-state index contributed by atoms with van der Waals surface area (Å²) in [6.45, 7) is 3.44. The van der Waals surface area contributed by atoms with Crippen LogP contribution in [-0.2, 0) is 13.1 Å². The van der Waals surface area contributed by atoms with E-state index in [4.69, 9.17) is 20.8 Å². The van der Waals surface area contributed by atoms with Crippen molar-refractivity contribution in [1.82, 2.24) is 5.32 Å². The van der Waals surface area contributed by atoms with Gasteiger partial charge in [-0.3, -0.25) is 0 Å². The van der Waals surface area contributed by atoms with Crippen molar-refractivity contribution in [2.45, 2.75) is 20.0 Å². The maximum Gasteiger partial charge on any atom is 0.134 e. The van der Waals surface area contributed by atoms with Gasteiger partial charge >= 0.3 is 0 Å². The molecule has 0 saturated carbocycles. The molecule has 1 heterocycles. The highest BCUT2D eigenvalue weighted by molar-refractivity contribution is 6.31. The van der Waals surface area contributed by atoms with Crippen LogP contribution in [0, 0.1) is 6.92 Å². The van der Waals surface area contributed by atoms with Gasteiger partial charge in [0.1, 0.15) is 17.3 Å². The summed E-state index contributed by atoms with van der Waals surface area (Å²) in [4.78, 5) is 0. The minimum absolute atomic E-state index is 0.672. The van der Waals surface area contributed by atoms with E-state index in [1.54, 1.807) is 7.11 Å². The monoisotopic (exact) mass is 341 g/mol. The van der Waals surface area contributed by atoms with Gasteiger partial charge in [-0.25, -0.2) is 0 Å². The highest BCUT2D eigenvalue weighted by Crippen LogP contribution is 2.26. The SMILES string of the molecule is COc1ccc(CNCc2ccc(-c3ccc(C)c(Cl)c3)o2)cc1. The molecule has 3 aromatic rings. The predicted molar refractivity (Wildman–Crippen MR) is 97.4 cm³/mol. The fourth-order valence-corrected chi connectivity index (χ4v) is 2.63. The van der Waals surface area contributed by atoms with Crippen molar-refractivity contribution in [2.75, 3.05) is 7.11 Å². The molecule has 0 aliphatic heterocycles. The Morgan fingerprint density at radius 3 is 2.50 bits per heavy atom. The van der Waals surface area contributed by atoms with Gasteiger partial charge in [0.25, 0.3) is 0 Å². The van der Waals surface area contributed by atoms with Crippen molar-refractivity contribution in [2.24, 2.45) is 0 Å². The first kappa shape index (κ1) is 16.6. The number of halogens is 1. The Hall–Kier alpha value is -2.23. The first-order chi connectivity index (χ1) is 11.7. The van der Waals surface area contributed by atoms with Gasteiger partial charge in [0, 0.05) is 17.1 Å². The Bertz CT molecular complexity index is 809. The third-order valence-electron chi connectivity index (χ3n) is 3.91. The molecular formula is C20H20ClNO2. The molecule has 0 spiro atoms. The number of nitrogens with one attached hydrogen (secondary N) is 1. The number of hydrogen-bond acceptors (Lipinski definition) is 3. The van der Waals surface area contributed by atoms with E-state index in [1.807, 2.05) is 61.5 Å². The standard InChI is InChI=1S/C20H20ClNO2/c1-14-3-6-16(11-19(14)21)20-10-9-18(24-20)13-22-12-15-4-7-17(23-2)8-5-15/h3-11,22H,12-13H2,1-2H3. The molecule has 1 aromatic heterocycles. The molecule has 3 nitrogen and oxygen atoms in total. The van der Waals surface area contributed by atoms with Crippen molar-refractivity contribution in [3.05, 3.63) is 76.5 Å². The molecule has 0 radical (unpaired) electrons. The summed E-state index contributed by atoms with van der Waals surface area (Å²) >= 11 is 6.18. The predicted octanol–water partition coefficient (Wildman–Crippen LogP) is 5.21. The highest BCUT2D eigenvalue weighted by atomic mass is 35.5. The molecule has 24 heavy (non-hydrogen) atoms. The fourth-order valence-electron chi connectivity index (χ4n) is 2.45. The zero-order valence-electron chi connectivity index (χ0n) is 13.8. The van der Waals surface area contributed by atoms with Crippen LogP contribution < -0.4 is 10.1 Å². The second-order valence-corrected chi connectivity index (χ2v) is 6.09. The van der Waals surface area contributed by atoms with Crippen molar-refractivity contribution in [1.29, 1.82) is 0 Å². The normalized spacial score (nSPS) is 10.8.